The van der Waals surface area contributed by atoms with Gasteiger partial charge in [-0.05, 0) is 25.0 Å². The van der Waals surface area contributed by atoms with Crippen LogP contribution in [0.5, 0.6) is 11.5 Å². The van der Waals surface area contributed by atoms with Gasteiger partial charge in [-0.25, -0.2) is 0 Å². The fourth-order valence-corrected chi connectivity index (χ4v) is 2.82. The topological polar surface area (TPSA) is 76.7 Å². The number of hydrogen-bond acceptors (Lipinski definition) is 4. The molecule has 1 fully saturated rings. The minimum Gasteiger partial charge on any atom is -0.484 e. The highest BCUT2D eigenvalue weighted by Gasteiger charge is 2.18. The number of amides is 2. The van der Waals surface area contributed by atoms with Crippen molar-refractivity contribution in [3.05, 3.63) is 18.2 Å². The molecule has 1 heterocycles. The summed E-state index contributed by atoms with van der Waals surface area (Å²) in [4.78, 5) is 23.2. The standard InChI is InChI=1S/C16H20N2O4/c19-15(17-11-4-2-1-3-5-11)9-21-12-6-7-14-13(8-12)18-16(20)10-22-14/h6-8,11H,1-5,9-10H2,(H,17,19)(H,18,20). The summed E-state index contributed by atoms with van der Waals surface area (Å²) in [5.41, 5.74) is 0.571. The maximum absolute atomic E-state index is 11.9. The molecule has 0 bridgehead atoms. The van der Waals surface area contributed by atoms with E-state index in [9.17, 15) is 9.59 Å². The molecule has 1 aromatic carbocycles. The minimum atomic E-state index is -0.195. The lowest BCUT2D eigenvalue weighted by Gasteiger charge is -2.23. The van der Waals surface area contributed by atoms with E-state index in [1.807, 2.05) is 0 Å². The van der Waals surface area contributed by atoms with Crippen LogP contribution in [0.2, 0.25) is 0 Å². The number of carbonyl (C=O) groups excluding carboxylic acids is 2. The monoisotopic (exact) mass is 304 g/mol. The van der Waals surface area contributed by atoms with Crippen LogP contribution in [-0.2, 0) is 9.59 Å². The number of nitrogens with one attached hydrogen (secondary N) is 2. The normalized spacial score (nSPS) is 17.9. The van der Waals surface area contributed by atoms with Crippen molar-refractivity contribution in [2.75, 3.05) is 18.5 Å². The smallest absolute Gasteiger partial charge is 0.262 e. The molecule has 1 aliphatic heterocycles. The molecule has 118 valence electrons. The summed E-state index contributed by atoms with van der Waals surface area (Å²) in [5.74, 6) is 0.839. The molecule has 2 amide bonds. The number of anilines is 1. The number of hydrogen-bond donors (Lipinski definition) is 2. The highest BCUT2D eigenvalue weighted by molar-refractivity contribution is 5.95. The van der Waals surface area contributed by atoms with Gasteiger partial charge in [0.15, 0.2) is 13.2 Å². The van der Waals surface area contributed by atoms with Crippen molar-refractivity contribution < 1.29 is 19.1 Å². The number of ether oxygens (including phenoxy) is 2. The van der Waals surface area contributed by atoms with E-state index in [1.54, 1.807) is 18.2 Å². The second-order valence-electron chi connectivity index (χ2n) is 5.69. The van der Waals surface area contributed by atoms with Gasteiger partial charge in [0.1, 0.15) is 11.5 Å². The first-order valence-electron chi connectivity index (χ1n) is 7.69. The van der Waals surface area contributed by atoms with Gasteiger partial charge in [-0.2, -0.15) is 0 Å². The molecule has 0 unspecified atom stereocenters. The molecule has 2 aliphatic rings. The van der Waals surface area contributed by atoms with Crippen molar-refractivity contribution in [3.63, 3.8) is 0 Å². The van der Waals surface area contributed by atoms with Gasteiger partial charge in [0.25, 0.3) is 11.8 Å². The van der Waals surface area contributed by atoms with Gasteiger partial charge in [-0.1, -0.05) is 19.3 Å². The van der Waals surface area contributed by atoms with E-state index in [0.717, 1.165) is 12.8 Å². The Kier molecular flexibility index (Phi) is 4.46. The van der Waals surface area contributed by atoms with E-state index in [-0.39, 0.29) is 31.1 Å². The first-order valence-corrected chi connectivity index (χ1v) is 7.69. The predicted molar refractivity (Wildman–Crippen MR) is 81.1 cm³/mol. The van der Waals surface area contributed by atoms with Crippen LogP contribution in [0.1, 0.15) is 32.1 Å². The number of fused-ring (bicyclic) bond motifs is 1. The predicted octanol–water partition coefficient (Wildman–Crippen LogP) is 1.85. The fraction of sp³-hybridized carbons (Fsp3) is 0.500. The molecule has 1 aromatic rings. The van der Waals surface area contributed by atoms with Crippen LogP contribution in [0.3, 0.4) is 0 Å². The molecular weight excluding hydrogens is 284 g/mol. The number of carbonyl (C=O) groups is 2. The lowest BCUT2D eigenvalue weighted by Crippen LogP contribution is -2.38. The van der Waals surface area contributed by atoms with Crippen LogP contribution >= 0.6 is 0 Å². The molecule has 22 heavy (non-hydrogen) atoms. The Bertz CT molecular complexity index is 567. The van der Waals surface area contributed by atoms with Crippen molar-refractivity contribution in [1.29, 1.82) is 0 Å². The number of benzene rings is 1. The van der Waals surface area contributed by atoms with Gasteiger partial charge in [0.05, 0.1) is 5.69 Å². The Labute approximate surface area is 129 Å². The lowest BCUT2D eigenvalue weighted by atomic mass is 9.95. The molecule has 2 N–H and O–H groups in total. The van der Waals surface area contributed by atoms with Crippen LogP contribution in [0.25, 0.3) is 0 Å². The first kappa shape index (κ1) is 14.7. The van der Waals surface area contributed by atoms with Gasteiger partial charge in [0, 0.05) is 12.1 Å². The molecule has 0 aromatic heterocycles. The summed E-state index contributed by atoms with van der Waals surface area (Å²) >= 11 is 0. The summed E-state index contributed by atoms with van der Waals surface area (Å²) in [7, 11) is 0. The maximum atomic E-state index is 11.9. The zero-order valence-corrected chi connectivity index (χ0v) is 12.4. The fourth-order valence-electron chi connectivity index (χ4n) is 2.82. The highest BCUT2D eigenvalue weighted by Crippen LogP contribution is 2.31. The van der Waals surface area contributed by atoms with Crippen LogP contribution < -0.4 is 20.1 Å². The SMILES string of the molecule is O=C1COc2ccc(OCC(=O)NC3CCCCC3)cc2N1. The third kappa shape index (κ3) is 3.69. The van der Waals surface area contributed by atoms with E-state index in [0.29, 0.717) is 17.2 Å². The average Bonchev–Trinajstić information content (AvgIpc) is 2.53. The molecule has 0 atom stereocenters. The molecule has 0 spiro atoms. The van der Waals surface area contributed by atoms with E-state index in [4.69, 9.17) is 9.47 Å². The van der Waals surface area contributed by atoms with Crippen molar-refractivity contribution in [1.82, 2.24) is 5.32 Å². The van der Waals surface area contributed by atoms with E-state index < -0.39 is 0 Å². The molecule has 1 saturated carbocycles. The zero-order chi connectivity index (χ0) is 15.4. The van der Waals surface area contributed by atoms with E-state index in [1.165, 1.54) is 19.3 Å². The second-order valence-corrected chi connectivity index (χ2v) is 5.69. The van der Waals surface area contributed by atoms with Crippen LogP contribution in [-0.4, -0.2) is 31.1 Å². The third-order valence-electron chi connectivity index (χ3n) is 3.92. The Morgan fingerprint density at radius 2 is 2.14 bits per heavy atom. The van der Waals surface area contributed by atoms with E-state index in [2.05, 4.69) is 10.6 Å². The lowest BCUT2D eigenvalue weighted by molar-refractivity contribution is -0.124. The molecule has 6 nitrogen and oxygen atoms in total. The Hall–Kier alpha value is -2.24. The van der Waals surface area contributed by atoms with Crippen LogP contribution in [0.15, 0.2) is 18.2 Å². The van der Waals surface area contributed by atoms with Gasteiger partial charge in [-0.3, -0.25) is 9.59 Å². The zero-order valence-electron chi connectivity index (χ0n) is 12.4. The summed E-state index contributed by atoms with van der Waals surface area (Å²) in [6.07, 6.45) is 5.71. The number of rotatable bonds is 4. The maximum Gasteiger partial charge on any atom is 0.262 e. The highest BCUT2D eigenvalue weighted by atomic mass is 16.5. The molecule has 3 rings (SSSR count). The van der Waals surface area contributed by atoms with Gasteiger partial charge in [0.2, 0.25) is 0 Å². The summed E-state index contributed by atoms with van der Waals surface area (Å²) < 4.78 is 10.8. The second kappa shape index (κ2) is 6.68. The summed E-state index contributed by atoms with van der Waals surface area (Å²) in [6, 6.07) is 5.40. The molecule has 1 aliphatic carbocycles. The Morgan fingerprint density at radius 3 is 2.95 bits per heavy atom. The van der Waals surface area contributed by atoms with Crippen LogP contribution in [0.4, 0.5) is 5.69 Å². The third-order valence-corrected chi connectivity index (χ3v) is 3.92. The summed E-state index contributed by atoms with van der Waals surface area (Å²) in [5, 5.41) is 5.71. The largest absolute Gasteiger partial charge is 0.484 e. The molecule has 0 radical (unpaired) electrons. The van der Waals surface area contributed by atoms with Crippen molar-refractivity contribution >= 4 is 17.5 Å². The minimum absolute atomic E-state index is 0.0237. The molecule has 6 heteroatoms. The molecular formula is C16H20N2O4. The van der Waals surface area contributed by atoms with Crippen molar-refractivity contribution in [3.8, 4) is 11.5 Å². The van der Waals surface area contributed by atoms with E-state index >= 15 is 0 Å². The Morgan fingerprint density at radius 1 is 1.32 bits per heavy atom. The van der Waals surface area contributed by atoms with Crippen LogP contribution in [0, 0.1) is 0 Å². The first-order chi connectivity index (χ1) is 10.7. The average molecular weight is 304 g/mol. The molecule has 0 saturated heterocycles. The van der Waals surface area contributed by atoms with Gasteiger partial charge in [-0.15, -0.1) is 0 Å². The van der Waals surface area contributed by atoms with Crippen molar-refractivity contribution in [2.45, 2.75) is 38.1 Å². The van der Waals surface area contributed by atoms with Gasteiger partial charge < -0.3 is 20.1 Å². The quantitative estimate of drug-likeness (QED) is 0.890. The van der Waals surface area contributed by atoms with Gasteiger partial charge >= 0.3 is 0 Å². The van der Waals surface area contributed by atoms with Crippen molar-refractivity contribution in [2.24, 2.45) is 0 Å². The summed E-state index contributed by atoms with van der Waals surface area (Å²) in [6.45, 7) is 0.00108. The Balaban J connectivity index is 1.51.